The summed E-state index contributed by atoms with van der Waals surface area (Å²) in [5, 5.41) is 10.7. The minimum atomic E-state index is -3.60. The van der Waals surface area contributed by atoms with Crippen molar-refractivity contribution in [1.29, 1.82) is 0 Å². The minimum Gasteiger partial charge on any atom is -0.387 e. The number of nitrogens with zero attached hydrogens (tertiary/aromatic N) is 2. The summed E-state index contributed by atoms with van der Waals surface area (Å²) in [6, 6.07) is 21.1. The Morgan fingerprint density at radius 2 is 1.59 bits per heavy atom. The van der Waals surface area contributed by atoms with Crippen molar-refractivity contribution in [3.05, 3.63) is 96.1 Å². The molecule has 0 bridgehead atoms. The van der Waals surface area contributed by atoms with Crippen LogP contribution >= 0.6 is 0 Å². The molecule has 1 heterocycles. The van der Waals surface area contributed by atoms with Crippen LogP contribution in [0.4, 0.5) is 4.39 Å². The van der Waals surface area contributed by atoms with E-state index in [9.17, 15) is 17.9 Å². The summed E-state index contributed by atoms with van der Waals surface area (Å²) in [5.74, 6) is -0.332. The smallest absolute Gasteiger partial charge is 0.185 e. The lowest BCUT2D eigenvalue weighted by atomic mass is 10.1. The molecule has 0 spiro atoms. The average molecular weight is 410 g/mol. The lowest BCUT2D eigenvalue weighted by Crippen LogP contribution is -2.15. The van der Waals surface area contributed by atoms with Crippen molar-refractivity contribution in [2.24, 2.45) is 0 Å². The third-order valence-electron chi connectivity index (χ3n) is 4.77. The molecule has 1 N–H and O–H groups in total. The van der Waals surface area contributed by atoms with E-state index in [0.717, 1.165) is 5.52 Å². The maximum atomic E-state index is 13.2. The fourth-order valence-electron chi connectivity index (χ4n) is 3.28. The Morgan fingerprint density at radius 1 is 0.931 bits per heavy atom. The minimum absolute atomic E-state index is 0.103. The van der Waals surface area contributed by atoms with Crippen LogP contribution < -0.4 is 0 Å². The third kappa shape index (κ3) is 4.06. The number of halogens is 1. The van der Waals surface area contributed by atoms with Crippen molar-refractivity contribution in [2.45, 2.75) is 23.3 Å². The molecular weight excluding hydrogens is 391 g/mol. The first-order valence-electron chi connectivity index (χ1n) is 9.09. The molecule has 0 saturated heterocycles. The van der Waals surface area contributed by atoms with Gasteiger partial charge in [-0.1, -0.05) is 42.5 Å². The highest BCUT2D eigenvalue weighted by molar-refractivity contribution is 7.90. The second kappa shape index (κ2) is 7.77. The largest absolute Gasteiger partial charge is 0.387 e. The predicted molar refractivity (Wildman–Crippen MR) is 108 cm³/mol. The summed E-state index contributed by atoms with van der Waals surface area (Å²) in [7, 11) is -3.60. The molecule has 0 aliphatic rings. The van der Waals surface area contributed by atoms with Gasteiger partial charge in [-0.3, -0.25) is 0 Å². The van der Waals surface area contributed by atoms with Crippen LogP contribution in [-0.2, 0) is 22.1 Å². The standard InChI is InChI=1S/C22H19FN2O3S/c23-17-12-10-16(11-13-17)21(26)14-25-20-9-5-4-8-19(20)24-22(25)15-29(27,28)18-6-2-1-3-7-18/h1-13,21,26H,14-15H2/t21-/m0/s1. The van der Waals surface area contributed by atoms with Crippen molar-refractivity contribution in [2.75, 3.05) is 0 Å². The Balaban J connectivity index is 1.72. The molecule has 0 unspecified atom stereocenters. The molecule has 0 aliphatic heterocycles. The quantitative estimate of drug-likeness (QED) is 0.524. The molecule has 1 atom stereocenters. The van der Waals surface area contributed by atoms with Crippen LogP contribution in [0.1, 0.15) is 17.5 Å². The van der Waals surface area contributed by atoms with Gasteiger partial charge in [-0.15, -0.1) is 0 Å². The van der Waals surface area contributed by atoms with E-state index in [1.807, 2.05) is 18.2 Å². The SMILES string of the molecule is O=S(=O)(Cc1nc2ccccc2n1C[C@H](O)c1ccc(F)cc1)c1ccccc1. The van der Waals surface area contributed by atoms with E-state index in [1.54, 1.807) is 41.0 Å². The van der Waals surface area contributed by atoms with Gasteiger partial charge in [0.25, 0.3) is 0 Å². The molecule has 4 aromatic rings. The van der Waals surface area contributed by atoms with E-state index in [-0.39, 0.29) is 23.0 Å². The summed E-state index contributed by atoms with van der Waals surface area (Å²) >= 11 is 0. The van der Waals surface area contributed by atoms with Crippen LogP contribution in [0.25, 0.3) is 11.0 Å². The summed E-state index contributed by atoms with van der Waals surface area (Å²) in [5.41, 5.74) is 1.92. The van der Waals surface area contributed by atoms with Gasteiger partial charge in [-0.2, -0.15) is 0 Å². The molecule has 7 heteroatoms. The summed E-state index contributed by atoms with van der Waals surface area (Å²) < 4.78 is 40.6. The van der Waals surface area contributed by atoms with Crippen molar-refractivity contribution < 1.29 is 17.9 Å². The maximum Gasteiger partial charge on any atom is 0.185 e. The lowest BCUT2D eigenvalue weighted by molar-refractivity contribution is 0.157. The Hall–Kier alpha value is -3.03. The number of hydrogen-bond donors (Lipinski definition) is 1. The Morgan fingerprint density at radius 3 is 2.31 bits per heavy atom. The molecule has 0 fully saturated rings. The molecule has 0 aliphatic carbocycles. The zero-order valence-electron chi connectivity index (χ0n) is 15.4. The number of sulfone groups is 1. The summed E-state index contributed by atoms with van der Waals surface area (Å²) in [6.07, 6.45) is -0.939. The van der Waals surface area contributed by atoms with Gasteiger partial charge in [0.1, 0.15) is 17.4 Å². The molecule has 148 valence electrons. The molecule has 0 amide bonds. The number of aliphatic hydroxyl groups is 1. The average Bonchev–Trinajstić information content (AvgIpc) is 3.05. The Kier molecular flexibility index (Phi) is 5.17. The molecule has 4 rings (SSSR count). The first-order valence-corrected chi connectivity index (χ1v) is 10.7. The van der Waals surface area contributed by atoms with Gasteiger partial charge in [0.2, 0.25) is 0 Å². The fourth-order valence-corrected chi connectivity index (χ4v) is 4.58. The predicted octanol–water partition coefficient (Wildman–Crippen LogP) is 3.88. The van der Waals surface area contributed by atoms with E-state index in [4.69, 9.17) is 0 Å². The number of rotatable bonds is 6. The highest BCUT2D eigenvalue weighted by Gasteiger charge is 2.22. The van der Waals surface area contributed by atoms with Crippen molar-refractivity contribution in [3.8, 4) is 0 Å². The van der Waals surface area contributed by atoms with Gasteiger partial charge >= 0.3 is 0 Å². The van der Waals surface area contributed by atoms with E-state index < -0.39 is 15.9 Å². The van der Waals surface area contributed by atoms with Crippen LogP contribution in [0, 0.1) is 5.82 Å². The third-order valence-corrected chi connectivity index (χ3v) is 6.39. The molecular formula is C22H19FN2O3S. The van der Waals surface area contributed by atoms with Crippen molar-refractivity contribution in [1.82, 2.24) is 9.55 Å². The molecule has 3 aromatic carbocycles. The number of para-hydroxylation sites is 2. The number of hydrogen-bond acceptors (Lipinski definition) is 4. The first kappa shape index (κ1) is 19.3. The fraction of sp³-hybridized carbons (Fsp3) is 0.136. The second-order valence-electron chi connectivity index (χ2n) is 6.77. The number of fused-ring (bicyclic) bond motifs is 1. The lowest BCUT2D eigenvalue weighted by Gasteiger charge is -2.15. The maximum absolute atomic E-state index is 13.2. The first-order chi connectivity index (χ1) is 13.9. The van der Waals surface area contributed by atoms with Crippen LogP contribution in [0.2, 0.25) is 0 Å². The molecule has 29 heavy (non-hydrogen) atoms. The molecule has 0 saturated carbocycles. The number of aromatic nitrogens is 2. The monoisotopic (exact) mass is 410 g/mol. The number of aliphatic hydroxyl groups excluding tert-OH is 1. The Labute approximate surface area is 168 Å². The van der Waals surface area contributed by atoms with Crippen LogP contribution in [0.5, 0.6) is 0 Å². The highest BCUT2D eigenvalue weighted by atomic mass is 32.2. The van der Waals surface area contributed by atoms with Gasteiger partial charge in [0, 0.05) is 0 Å². The molecule has 5 nitrogen and oxygen atoms in total. The number of imidazole rings is 1. The zero-order valence-corrected chi connectivity index (χ0v) is 16.3. The van der Waals surface area contributed by atoms with Gasteiger partial charge in [-0.05, 0) is 42.0 Å². The normalized spacial score (nSPS) is 12.9. The van der Waals surface area contributed by atoms with Crippen LogP contribution in [0.15, 0.2) is 83.8 Å². The Bertz CT molecular complexity index is 1240. The topological polar surface area (TPSA) is 72.2 Å². The van der Waals surface area contributed by atoms with E-state index in [0.29, 0.717) is 16.9 Å². The van der Waals surface area contributed by atoms with E-state index >= 15 is 0 Å². The molecule has 0 radical (unpaired) electrons. The second-order valence-corrected chi connectivity index (χ2v) is 8.76. The van der Waals surface area contributed by atoms with Gasteiger partial charge < -0.3 is 9.67 Å². The summed E-state index contributed by atoms with van der Waals surface area (Å²) in [6.45, 7) is 0.103. The van der Waals surface area contributed by atoms with Crippen LogP contribution in [0.3, 0.4) is 0 Å². The summed E-state index contributed by atoms with van der Waals surface area (Å²) in [4.78, 5) is 4.72. The zero-order chi connectivity index (χ0) is 20.4. The van der Waals surface area contributed by atoms with Gasteiger partial charge in [0.15, 0.2) is 9.84 Å². The van der Waals surface area contributed by atoms with Gasteiger partial charge in [-0.25, -0.2) is 17.8 Å². The van der Waals surface area contributed by atoms with Crippen molar-refractivity contribution in [3.63, 3.8) is 0 Å². The van der Waals surface area contributed by atoms with Gasteiger partial charge in [0.05, 0.1) is 28.6 Å². The van der Waals surface area contributed by atoms with Crippen LogP contribution in [-0.4, -0.2) is 23.1 Å². The number of benzene rings is 3. The van der Waals surface area contributed by atoms with Crippen molar-refractivity contribution >= 4 is 20.9 Å². The van der Waals surface area contributed by atoms with E-state index in [1.165, 1.54) is 24.3 Å². The van der Waals surface area contributed by atoms with E-state index in [2.05, 4.69) is 4.98 Å². The highest BCUT2D eigenvalue weighted by Crippen LogP contribution is 2.24. The molecule has 1 aromatic heterocycles.